The minimum atomic E-state index is 0.403. The van der Waals surface area contributed by atoms with E-state index >= 15 is 0 Å². The van der Waals surface area contributed by atoms with Crippen LogP contribution in [-0.2, 0) is 6.42 Å². The maximum Gasteiger partial charge on any atom is 0.204 e. The van der Waals surface area contributed by atoms with E-state index in [2.05, 4.69) is 34.9 Å². The van der Waals surface area contributed by atoms with Crippen LogP contribution in [0.5, 0.6) is 0 Å². The predicted octanol–water partition coefficient (Wildman–Crippen LogP) is 4.88. The van der Waals surface area contributed by atoms with Crippen molar-refractivity contribution in [2.24, 2.45) is 9.98 Å². The van der Waals surface area contributed by atoms with E-state index in [0.717, 1.165) is 45.0 Å². The molecule has 4 aromatic rings. The first-order chi connectivity index (χ1) is 18.2. The highest BCUT2D eigenvalue weighted by Gasteiger charge is 2.32. The zero-order valence-electron chi connectivity index (χ0n) is 20.7. The molecule has 2 aliphatic carbocycles. The summed E-state index contributed by atoms with van der Waals surface area (Å²) in [5.41, 5.74) is 5.33. The highest BCUT2D eigenvalue weighted by atomic mass is 16.4. The minimum absolute atomic E-state index is 0.403. The van der Waals surface area contributed by atoms with E-state index in [-0.39, 0.29) is 0 Å². The van der Waals surface area contributed by atoms with Crippen molar-refractivity contribution >= 4 is 33.9 Å². The second-order valence-electron chi connectivity index (χ2n) is 10.9. The molecule has 8 rings (SSSR count). The summed E-state index contributed by atoms with van der Waals surface area (Å²) in [5, 5.41) is 7.26. The summed E-state index contributed by atoms with van der Waals surface area (Å²) >= 11 is 0. The SMILES string of the molecule is c1cc2oc(Cc3nc4cc(C5=N[C@@H]6CCCC[C@@H]6N5)ccc4o3)nc2cc1C1=N[C@@H]2CCCC[C@@H]2N1. The van der Waals surface area contributed by atoms with Crippen LogP contribution < -0.4 is 10.6 Å². The summed E-state index contributed by atoms with van der Waals surface area (Å²) < 4.78 is 12.1. The molecule has 0 radical (unpaired) electrons. The summed E-state index contributed by atoms with van der Waals surface area (Å²) in [5.74, 6) is 3.16. The van der Waals surface area contributed by atoms with Crippen molar-refractivity contribution < 1.29 is 8.83 Å². The molecule has 2 saturated carbocycles. The Bertz CT molecular complexity index is 1450. The van der Waals surface area contributed by atoms with Gasteiger partial charge in [-0.1, -0.05) is 25.7 Å². The quantitative estimate of drug-likeness (QED) is 0.419. The highest BCUT2D eigenvalue weighted by molar-refractivity contribution is 6.03. The van der Waals surface area contributed by atoms with Crippen molar-refractivity contribution in [3.05, 3.63) is 59.3 Å². The number of aliphatic imine (C=N–C) groups is 2. The molecule has 2 aliphatic heterocycles. The number of amidine groups is 2. The molecule has 2 aromatic carbocycles. The summed E-state index contributed by atoms with van der Waals surface area (Å²) in [4.78, 5) is 19.4. The second kappa shape index (κ2) is 8.43. The number of fused-ring (bicyclic) bond motifs is 4. The van der Waals surface area contributed by atoms with Crippen LogP contribution in [0.25, 0.3) is 22.2 Å². The summed E-state index contributed by atoms with van der Waals surface area (Å²) in [6, 6.07) is 14.0. The van der Waals surface area contributed by atoms with Crippen molar-refractivity contribution in [2.75, 3.05) is 0 Å². The lowest BCUT2D eigenvalue weighted by Crippen LogP contribution is -2.36. The molecule has 4 heterocycles. The molecule has 0 amide bonds. The van der Waals surface area contributed by atoms with E-state index in [1.807, 2.05) is 12.1 Å². The van der Waals surface area contributed by atoms with Crippen LogP contribution in [0.2, 0.25) is 0 Å². The van der Waals surface area contributed by atoms with Gasteiger partial charge >= 0.3 is 0 Å². The minimum Gasteiger partial charge on any atom is -0.440 e. The Morgan fingerprint density at radius 2 is 1.14 bits per heavy atom. The number of nitrogens with one attached hydrogen (secondary N) is 2. The third-order valence-corrected chi connectivity index (χ3v) is 8.41. The molecular weight excluding hydrogens is 464 g/mol. The third-order valence-electron chi connectivity index (χ3n) is 8.41. The molecule has 0 bridgehead atoms. The van der Waals surface area contributed by atoms with Crippen molar-refractivity contribution in [2.45, 2.75) is 82.0 Å². The lowest BCUT2D eigenvalue weighted by molar-refractivity contribution is 0.385. The predicted molar refractivity (Wildman–Crippen MR) is 142 cm³/mol. The van der Waals surface area contributed by atoms with Gasteiger partial charge in [0, 0.05) is 23.2 Å². The van der Waals surface area contributed by atoms with Crippen molar-refractivity contribution in [1.82, 2.24) is 20.6 Å². The first kappa shape index (κ1) is 21.4. The van der Waals surface area contributed by atoms with Gasteiger partial charge in [-0.25, -0.2) is 9.97 Å². The zero-order valence-corrected chi connectivity index (χ0v) is 20.7. The van der Waals surface area contributed by atoms with Crippen molar-refractivity contribution in [3.63, 3.8) is 0 Å². The van der Waals surface area contributed by atoms with Crippen molar-refractivity contribution in [1.29, 1.82) is 0 Å². The van der Waals surface area contributed by atoms with Gasteiger partial charge in [-0.3, -0.25) is 9.98 Å². The molecule has 4 aliphatic rings. The fraction of sp³-hybridized carbons (Fsp3) is 0.448. The number of aromatic nitrogens is 2. The van der Waals surface area contributed by atoms with Crippen LogP contribution >= 0.6 is 0 Å². The van der Waals surface area contributed by atoms with Crippen LogP contribution in [0.15, 0.2) is 55.2 Å². The van der Waals surface area contributed by atoms with Gasteiger partial charge in [0.05, 0.1) is 12.1 Å². The van der Waals surface area contributed by atoms with Crippen LogP contribution in [-0.4, -0.2) is 45.8 Å². The van der Waals surface area contributed by atoms with E-state index in [1.165, 1.54) is 51.4 Å². The van der Waals surface area contributed by atoms with E-state index in [9.17, 15) is 0 Å². The molecule has 2 fully saturated rings. The molecule has 188 valence electrons. The molecule has 4 atom stereocenters. The first-order valence-electron chi connectivity index (χ1n) is 13.7. The van der Waals surface area contributed by atoms with Gasteiger partial charge in [0.15, 0.2) is 11.2 Å². The molecule has 37 heavy (non-hydrogen) atoms. The van der Waals surface area contributed by atoms with E-state index in [0.29, 0.717) is 42.4 Å². The van der Waals surface area contributed by atoms with E-state index in [4.69, 9.17) is 28.8 Å². The largest absolute Gasteiger partial charge is 0.440 e. The molecule has 2 N–H and O–H groups in total. The lowest BCUT2D eigenvalue weighted by atomic mass is 9.92. The lowest BCUT2D eigenvalue weighted by Gasteiger charge is -2.23. The molecule has 2 aromatic heterocycles. The Morgan fingerprint density at radius 1 is 0.649 bits per heavy atom. The summed E-state index contributed by atoms with van der Waals surface area (Å²) in [6.45, 7) is 0. The van der Waals surface area contributed by atoms with Crippen LogP contribution in [0, 0.1) is 0 Å². The molecular formula is C29H30N6O2. The topological polar surface area (TPSA) is 101 Å². The average Bonchev–Trinajstić information content (AvgIpc) is 3.70. The van der Waals surface area contributed by atoms with Gasteiger partial charge < -0.3 is 19.5 Å². The molecule has 0 unspecified atom stereocenters. The Hall–Kier alpha value is -3.68. The number of hydrogen-bond donors (Lipinski definition) is 2. The molecule has 0 saturated heterocycles. The van der Waals surface area contributed by atoms with Crippen LogP contribution in [0.3, 0.4) is 0 Å². The fourth-order valence-corrected chi connectivity index (χ4v) is 6.47. The number of rotatable bonds is 4. The van der Waals surface area contributed by atoms with E-state index in [1.54, 1.807) is 0 Å². The first-order valence-corrected chi connectivity index (χ1v) is 13.7. The van der Waals surface area contributed by atoms with Gasteiger partial charge in [-0.05, 0) is 62.1 Å². The maximum absolute atomic E-state index is 6.04. The van der Waals surface area contributed by atoms with Crippen LogP contribution in [0.4, 0.5) is 0 Å². The molecule has 8 nitrogen and oxygen atoms in total. The molecule has 0 spiro atoms. The van der Waals surface area contributed by atoms with Crippen LogP contribution in [0.1, 0.15) is 74.3 Å². The summed E-state index contributed by atoms with van der Waals surface area (Å²) in [6.07, 6.45) is 10.3. The average molecular weight is 495 g/mol. The normalized spacial score (nSPS) is 26.9. The van der Waals surface area contributed by atoms with Gasteiger partial charge in [0.1, 0.15) is 29.1 Å². The Labute approximate surface area is 214 Å². The highest BCUT2D eigenvalue weighted by Crippen LogP contribution is 2.29. The number of hydrogen-bond acceptors (Lipinski definition) is 8. The van der Waals surface area contributed by atoms with Gasteiger partial charge in [-0.2, -0.15) is 0 Å². The Morgan fingerprint density at radius 3 is 1.62 bits per heavy atom. The van der Waals surface area contributed by atoms with Gasteiger partial charge in [-0.15, -0.1) is 0 Å². The standard InChI is InChI=1S/C29H30N6O2/c1-2-6-19-18(5-1)32-28(33-19)16-9-11-24-22(13-16)30-26(36-24)15-27-31-23-14-17(10-12-25(23)37-27)29-34-20-7-3-4-8-21(20)35-29/h9-14,18-21H,1-8,15H2,(H,32,33)(H,34,35)/t18-,19+,20-,21+. The molecule has 8 heteroatoms. The Balaban J connectivity index is 1.02. The van der Waals surface area contributed by atoms with E-state index < -0.39 is 0 Å². The Kier molecular flexibility index (Phi) is 4.88. The number of oxazole rings is 2. The second-order valence-corrected chi connectivity index (χ2v) is 10.9. The van der Waals surface area contributed by atoms with Crippen molar-refractivity contribution in [3.8, 4) is 0 Å². The summed E-state index contributed by atoms with van der Waals surface area (Å²) in [7, 11) is 0. The smallest absolute Gasteiger partial charge is 0.204 e. The van der Waals surface area contributed by atoms with Gasteiger partial charge in [0.2, 0.25) is 11.8 Å². The maximum atomic E-state index is 6.04. The van der Waals surface area contributed by atoms with Gasteiger partial charge in [0.25, 0.3) is 0 Å². The zero-order chi connectivity index (χ0) is 24.3. The monoisotopic (exact) mass is 494 g/mol. The fourth-order valence-electron chi connectivity index (χ4n) is 6.47. The number of nitrogens with zero attached hydrogens (tertiary/aromatic N) is 4. The number of benzene rings is 2. The third kappa shape index (κ3) is 3.81.